The Kier molecular flexibility index (Phi) is 5.25. The minimum absolute atomic E-state index is 0.0153. The second-order valence-corrected chi connectivity index (χ2v) is 6.51. The van der Waals surface area contributed by atoms with Gasteiger partial charge in [0.2, 0.25) is 11.8 Å². The van der Waals surface area contributed by atoms with Crippen LogP contribution in [0.2, 0.25) is 0 Å². The van der Waals surface area contributed by atoms with E-state index in [1.54, 1.807) is 31.1 Å². The maximum atomic E-state index is 12.5. The van der Waals surface area contributed by atoms with Gasteiger partial charge in [0.1, 0.15) is 6.04 Å². The molecular formula is C15H19N3O4S. The largest absolute Gasteiger partial charge is 0.347 e. The van der Waals surface area contributed by atoms with Crippen LogP contribution in [0.4, 0.5) is 5.69 Å². The van der Waals surface area contributed by atoms with Gasteiger partial charge < -0.3 is 9.80 Å². The van der Waals surface area contributed by atoms with E-state index in [4.69, 9.17) is 0 Å². The number of nitro groups is 1. The van der Waals surface area contributed by atoms with E-state index < -0.39 is 11.0 Å². The van der Waals surface area contributed by atoms with E-state index in [0.29, 0.717) is 18.5 Å². The molecule has 0 unspecified atom stereocenters. The highest BCUT2D eigenvalue weighted by molar-refractivity contribution is 7.81. The van der Waals surface area contributed by atoms with Crippen molar-refractivity contribution in [2.24, 2.45) is 0 Å². The summed E-state index contributed by atoms with van der Waals surface area (Å²) < 4.78 is 0. The van der Waals surface area contributed by atoms with E-state index in [-0.39, 0.29) is 29.2 Å². The lowest BCUT2D eigenvalue weighted by Crippen LogP contribution is -2.46. The number of thiol groups is 1. The first-order valence-electron chi connectivity index (χ1n) is 7.21. The van der Waals surface area contributed by atoms with Crippen molar-refractivity contribution >= 4 is 30.1 Å². The van der Waals surface area contributed by atoms with Crippen LogP contribution in [0.25, 0.3) is 0 Å². The second-order valence-electron chi connectivity index (χ2n) is 5.78. The number of non-ortho nitro benzene ring substituents is 1. The van der Waals surface area contributed by atoms with Crippen LogP contribution in [0, 0.1) is 10.1 Å². The Morgan fingerprint density at radius 1 is 1.35 bits per heavy atom. The van der Waals surface area contributed by atoms with Crippen molar-refractivity contribution in [3.63, 3.8) is 0 Å². The van der Waals surface area contributed by atoms with Crippen LogP contribution in [0.5, 0.6) is 0 Å². The van der Waals surface area contributed by atoms with Gasteiger partial charge in [0.25, 0.3) is 5.69 Å². The average molecular weight is 337 g/mol. The summed E-state index contributed by atoms with van der Waals surface area (Å²) >= 11 is 4.39. The van der Waals surface area contributed by atoms with Gasteiger partial charge in [-0.15, -0.1) is 0 Å². The van der Waals surface area contributed by atoms with E-state index in [2.05, 4.69) is 12.6 Å². The fourth-order valence-electron chi connectivity index (χ4n) is 2.63. The summed E-state index contributed by atoms with van der Waals surface area (Å²) in [6, 6.07) is 5.38. The summed E-state index contributed by atoms with van der Waals surface area (Å²) in [6.07, 6.45) is 0.641. The zero-order valence-electron chi connectivity index (χ0n) is 13.0. The van der Waals surface area contributed by atoms with Gasteiger partial charge in [0.15, 0.2) is 0 Å². The summed E-state index contributed by atoms with van der Waals surface area (Å²) in [5.41, 5.74) is 0.665. The van der Waals surface area contributed by atoms with Gasteiger partial charge in [-0.1, -0.05) is 12.1 Å². The van der Waals surface area contributed by atoms with Crippen LogP contribution < -0.4 is 0 Å². The quantitative estimate of drug-likeness (QED) is 0.507. The first kappa shape index (κ1) is 17.3. The number of nitro benzene ring substituents is 1. The standard InChI is InChI=1S/C15H19N3O4S/c1-16(2)15(20)13-8-12(23)9-17(13)14(19)7-10-3-5-11(6-4-10)18(21)22/h3-6,12-13,23H,7-9H2,1-2H3/t12-,13+/m0/s1. The first-order valence-corrected chi connectivity index (χ1v) is 7.73. The number of carbonyl (C=O) groups excluding carboxylic acids is 2. The van der Waals surface area contributed by atoms with E-state index in [1.165, 1.54) is 17.0 Å². The topological polar surface area (TPSA) is 83.8 Å². The minimum Gasteiger partial charge on any atom is -0.347 e. The van der Waals surface area contributed by atoms with Gasteiger partial charge in [-0.3, -0.25) is 19.7 Å². The zero-order chi connectivity index (χ0) is 17.1. The molecule has 0 aromatic heterocycles. The highest BCUT2D eigenvalue weighted by Crippen LogP contribution is 2.24. The monoisotopic (exact) mass is 337 g/mol. The molecule has 0 saturated carbocycles. The molecule has 0 N–H and O–H groups in total. The fraction of sp³-hybridized carbons (Fsp3) is 0.467. The van der Waals surface area contributed by atoms with E-state index in [1.807, 2.05) is 0 Å². The van der Waals surface area contributed by atoms with Gasteiger partial charge in [0.05, 0.1) is 11.3 Å². The van der Waals surface area contributed by atoms with Crippen molar-refractivity contribution in [1.82, 2.24) is 9.80 Å². The molecule has 7 nitrogen and oxygen atoms in total. The molecule has 1 aromatic rings. The van der Waals surface area contributed by atoms with Crippen molar-refractivity contribution in [2.75, 3.05) is 20.6 Å². The Morgan fingerprint density at radius 3 is 2.48 bits per heavy atom. The normalized spacial score (nSPS) is 20.4. The van der Waals surface area contributed by atoms with Gasteiger partial charge in [-0.05, 0) is 12.0 Å². The van der Waals surface area contributed by atoms with Crippen molar-refractivity contribution in [3.8, 4) is 0 Å². The molecule has 1 fully saturated rings. The number of likely N-dealkylation sites (N-methyl/N-ethyl adjacent to an activating group) is 1. The van der Waals surface area contributed by atoms with Gasteiger partial charge in [-0.25, -0.2) is 0 Å². The molecule has 2 atom stereocenters. The molecule has 2 amide bonds. The zero-order valence-corrected chi connectivity index (χ0v) is 13.9. The maximum Gasteiger partial charge on any atom is 0.269 e. The van der Waals surface area contributed by atoms with E-state index >= 15 is 0 Å². The van der Waals surface area contributed by atoms with Crippen LogP contribution in [-0.2, 0) is 16.0 Å². The first-order chi connectivity index (χ1) is 10.8. The third-order valence-electron chi connectivity index (χ3n) is 3.83. The predicted octanol–water partition coefficient (Wildman–Crippen LogP) is 1.12. The van der Waals surface area contributed by atoms with Crippen LogP contribution >= 0.6 is 12.6 Å². The number of likely N-dealkylation sites (tertiary alicyclic amines) is 1. The van der Waals surface area contributed by atoms with Gasteiger partial charge in [-0.2, -0.15) is 12.6 Å². The molecular weight excluding hydrogens is 318 g/mol. The highest BCUT2D eigenvalue weighted by Gasteiger charge is 2.38. The molecule has 0 bridgehead atoms. The lowest BCUT2D eigenvalue weighted by molar-refractivity contribution is -0.384. The molecule has 0 spiro atoms. The number of amides is 2. The number of benzene rings is 1. The predicted molar refractivity (Wildman–Crippen MR) is 88.4 cm³/mol. The number of rotatable bonds is 4. The van der Waals surface area contributed by atoms with Crippen LogP contribution in [-0.4, -0.2) is 58.5 Å². The van der Waals surface area contributed by atoms with Crippen molar-refractivity contribution in [2.45, 2.75) is 24.1 Å². The molecule has 0 aliphatic carbocycles. The third kappa shape index (κ3) is 4.01. The van der Waals surface area contributed by atoms with E-state index in [9.17, 15) is 19.7 Å². The fourth-order valence-corrected chi connectivity index (χ4v) is 3.01. The molecule has 2 rings (SSSR count). The smallest absolute Gasteiger partial charge is 0.269 e. The van der Waals surface area contributed by atoms with E-state index in [0.717, 1.165) is 0 Å². The van der Waals surface area contributed by atoms with Crippen LogP contribution in [0.3, 0.4) is 0 Å². The number of carbonyl (C=O) groups is 2. The molecule has 8 heteroatoms. The summed E-state index contributed by atoms with van der Waals surface area (Å²) in [6.45, 7) is 0.430. The van der Waals surface area contributed by atoms with Crippen molar-refractivity contribution in [3.05, 3.63) is 39.9 Å². The number of hydrogen-bond donors (Lipinski definition) is 1. The number of nitrogens with zero attached hydrogens (tertiary/aromatic N) is 3. The average Bonchev–Trinajstić information content (AvgIpc) is 2.88. The molecule has 1 heterocycles. The minimum atomic E-state index is -0.488. The summed E-state index contributed by atoms with van der Waals surface area (Å²) in [7, 11) is 3.32. The molecule has 1 saturated heterocycles. The van der Waals surface area contributed by atoms with Gasteiger partial charge in [0, 0.05) is 38.0 Å². The Labute approximate surface area is 139 Å². The molecule has 1 aromatic carbocycles. The summed E-state index contributed by atoms with van der Waals surface area (Å²) in [5, 5.41) is 10.6. The molecule has 1 aliphatic heterocycles. The SMILES string of the molecule is CN(C)C(=O)[C@H]1C[C@H](S)CN1C(=O)Cc1ccc([N+](=O)[O-])cc1. The third-order valence-corrected chi connectivity index (χ3v) is 4.20. The van der Waals surface area contributed by atoms with Crippen LogP contribution in [0.1, 0.15) is 12.0 Å². The lowest BCUT2D eigenvalue weighted by atomic mass is 10.1. The maximum absolute atomic E-state index is 12.5. The Hall–Kier alpha value is -2.09. The molecule has 23 heavy (non-hydrogen) atoms. The lowest BCUT2D eigenvalue weighted by Gasteiger charge is -2.26. The summed E-state index contributed by atoms with van der Waals surface area (Å²) in [5.74, 6) is -0.283. The highest BCUT2D eigenvalue weighted by atomic mass is 32.1. The Bertz CT molecular complexity index is 618. The van der Waals surface area contributed by atoms with Crippen molar-refractivity contribution < 1.29 is 14.5 Å². The van der Waals surface area contributed by atoms with Crippen LogP contribution in [0.15, 0.2) is 24.3 Å². The Balaban J connectivity index is 2.09. The van der Waals surface area contributed by atoms with Gasteiger partial charge >= 0.3 is 0 Å². The second kappa shape index (κ2) is 6.99. The summed E-state index contributed by atoms with van der Waals surface area (Å²) in [4.78, 5) is 37.9. The molecule has 0 radical (unpaired) electrons. The molecule has 124 valence electrons. The Morgan fingerprint density at radius 2 is 1.96 bits per heavy atom. The molecule has 1 aliphatic rings. The number of hydrogen-bond acceptors (Lipinski definition) is 5. The van der Waals surface area contributed by atoms with Crippen molar-refractivity contribution in [1.29, 1.82) is 0 Å².